The summed E-state index contributed by atoms with van der Waals surface area (Å²) in [4.78, 5) is 0. The smallest absolute Gasteiger partial charge is 0.157 e. The third-order valence-corrected chi connectivity index (χ3v) is 6.49. The van der Waals surface area contributed by atoms with Gasteiger partial charge in [0.2, 0.25) is 0 Å². The molecule has 0 aromatic carbocycles. The highest BCUT2D eigenvalue weighted by atomic mass is 16.7. The summed E-state index contributed by atoms with van der Waals surface area (Å²) in [5.74, 6) is 0. The zero-order valence-electron chi connectivity index (χ0n) is 23.7. The van der Waals surface area contributed by atoms with Crippen LogP contribution >= 0.6 is 0 Å². The van der Waals surface area contributed by atoms with E-state index in [9.17, 15) is 0 Å². The second kappa shape index (κ2) is 30.4. The Bertz CT molecular complexity index is 415. The van der Waals surface area contributed by atoms with Gasteiger partial charge in [-0.25, -0.2) is 0 Å². The summed E-state index contributed by atoms with van der Waals surface area (Å²) < 4.78 is 12.1. The van der Waals surface area contributed by atoms with Crippen molar-refractivity contribution in [3.8, 4) is 0 Å². The summed E-state index contributed by atoms with van der Waals surface area (Å²) in [7, 11) is 0. The number of hydrogen-bond donors (Lipinski definition) is 0. The van der Waals surface area contributed by atoms with Gasteiger partial charge in [-0.2, -0.15) is 0 Å². The van der Waals surface area contributed by atoms with Gasteiger partial charge in [0.05, 0.1) is 0 Å². The van der Waals surface area contributed by atoms with Gasteiger partial charge in [0.25, 0.3) is 0 Å². The average Bonchev–Trinajstić information content (AvgIpc) is 2.85. The van der Waals surface area contributed by atoms with Crippen LogP contribution in [-0.4, -0.2) is 19.5 Å². The monoisotopic (exact) mass is 478 g/mol. The van der Waals surface area contributed by atoms with Crippen molar-refractivity contribution in [2.75, 3.05) is 13.2 Å². The Labute approximate surface area is 215 Å². The van der Waals surface area contributed by atoms with Crippen molar-refractivity contribution < 1.29 is 9.47 Å². The Hall–Kier alpha value is -0.600. The van der Waals surface area contributed by atoms with Gasteiger partial charge in [-0.3, -0.25) is 0 Å². The summed E-state index contributed by atoms with van der Waals surface area (Å²) in [6, 6.07) is 0. The molecule has 0 aliphatic heterocycles. The van der Waals surface area contributed by atoms with E-state index < -0.39 is 0 Å². The van der Waals surface area contributed by atoms with Crippen LogP contribution in [0.5, 0.6) is 0 Å². The van der Waals surface area contributed by atoms with Gasteiger partial charge in [-0.15, -0.1) is 0 Å². The van der Waals surface area contributed by atoms with Gasteiger partial charge in [-0.1, -0.05) is 129 Å². The molecule has 2 nitrogen and oxygen atoms in total. The first kappa shape index (κ1) is 33.4. The summed E-state index contributed by atoms with van der Waals surface area (Å²) in [6.07, 6.45) is 37.7. The van der Waals surface area contributed by atoms with Crippen molar-refractivity contribution in [3.63, 3.8) is 0 Å². The van der Waals surface area contributed by atoms with Crippen LogP contribution in [0, 0.1) is 0 Å². The van der Waals surface area contributed by atoms with Crippen molar-refractivity contribution in [1.29, 1.82) is 0 Å². The zero-order chi connectivity index (χ0) is 24.8. The van der Waals surface area contributed by atoms with E-state index in [4.69, 9.17) is 9.47 Å². The third-order valence-electron chi connectivity index (χ3n) is 6.49. The van der Waals surface area contributed by atoms with E-state index in [1.165, 1.54) is 122 Å². The molecule has 1 unspecified atom stereocenters. The third kappa shape index (κ3) is 27.6. The molecule has 1 atom stereocenters. The van der Waals surface area contributed by atoms with Crippen molar-refractivity contribution in [2.45, 2.75) is 168 Å². The van der Waals surface area contributed by atoms with Crippen LogP contribution in [0.3, 0.4) is 0 Å². The van der Waals surface area contributed by atoms with Crippen LogP contribution in [0.1, 0.15) is 162 Å². The zero-order valence-corrected chi connectivity index (χ0v) is 23.7. The fourth-order valence-electron chi connectivity index (χ4n) is 4.15. The molecule has 0 aliphatic rings. The van der Waals surface area contributed by atoms with Crippen LogP contribution < -0.4 is 0 Å². The number of hydrogen-bond acceptors (Lipinski definition) is 2. The van der Waals surface area contributed by atoms with E-state index in [0.29, 0.717) is 0 Å². The molecule has 0 aromatic rings. The Balaban J connectivity index is 3.59. The second-order valence-corrected chi connectivity index (χ2v) is 10.0. The largest absolute Gasteiger partial charge is 0.353 e. The van der Waals surface area contributed by atoms with Crippen molar-refractivity contribution in [2.24, 2.45) is 0 Å². The van der Waals surface area contributed by atoms with Crippen molar-refractivity contribution in [3.05, 3.63) is 24.3 Å². The highest BCUT2D eigenvalue weighted by molar-refractivity contribution is 4.92. The van der Waals surface area contributed by atoms with Crippen LogP contribution in [0.15, 0.2) is 24.3 Å². The van der Waals surface area contributed by atoms with Gasteiger partial charge in [-0.05, 0) is 57.8 Å². The first-order chi connectivity index (χ1) is 16.8. The SMILES string of the molecule is CCCCC/C=C\C/C=C\CCCCCCCCOC(CCCCCCCCC)OCCCC. The molecule has 0 rings (SSSR count). The quantitative estimate of drug-likeness (QED) is 0.0632. The maximum absolute atomic E-state index is 6.12. The fraction of sp³-hybridized carbons (Fsp3) is 0.875. The summed E-state index contributed by atoms with van der Waals surface area (Å²) in [5, 5.41) is 0. The molecule has 0 fully saturated rings. The lowest BCUT2D eigenvalue weighted by Gasteiger charge is -2.18. The minimum absolute atomic E-state index is 0.0279. The van der Waals surface area contributed by atoms with E-state index in [1.54, 1.807) is 0 Å². The maximum atomic E-state index is 6.12. The minimum Gasteiger partial charge on any atom is -0.353 e. The molecule has 0 heterocycles. The number of rotatable bonds is 28. The molecule has 0 amide bonds. The van der Waals surface area contributed by atoms with Gasteiger partial charge < -0.3 is 9.47 Å². The Morgan fingerprint density at radius 1 is 0.441 bits per heavy atom. The van der Waals surface area contributed by atoms with Gasteiger partial charge in [0.15, 0.2) is 6.29 Å². The topological polar surface area (TPSA) is 18.5 Å². The van der Waals surface area contributed by atoms with Crippen LogP contribution in [-0.2, 0) is 9.47 Å². The Kier molecular flexibility index (Phi) is 29.9. The first-order valence-electron chi connectivity index (χ1n) is 15.4. The second-order valence-electron chi connectivity index (χ2n) is 10.0. The van der Waals surface area contributed by atoms with Crippen molar-refractivity contribution >= 4 is 0 Å². The number of allylic oxidation sites excluding steroid dienone is 4. The predicted molar refractivity (Wildman–Crippen MR) is 153 cm³/mol. The molecule has 0 saturated carbocycles. The summed E-state index contributed by atoms with van der Waals surface area (Å²) in [6.45, 7) is 8.48. The standard InChI is InChI=1S/C32H62O2/c1-4-7-10-12-14-15-16-17-18-19-20-21-22-24-26-28-31-34-32(33-30-9-6-3)29-27-25-23-13-11-8-5-2/h14-15,17-18,32H,4-13,16,19-31H2,1-3H3/b15-14-,18-17-. The molecular formula is C32H62O2. The number of ether oxygens (including phenoxy) is 2. The molecule has 202 valence electrons. The molecular weight excluding hydrogens is 416 g/mol. The Morgan fingerprint density at radius 2 is 0.882 bits per heavy atom. The van der Waals surface area contributed by atoms with E-state index in [0.717, 1.165) is 32.5 Å². The highest BCUT2D eigenvalue weighted by Crippen LogP contribution is 2.14. The highest BCUT2D eigenvalue weighted by Gasteiger charge is 2.09. The molecule has 0 saturated heterocycles. The minimum atomic E-state index is 0.0279. The van der Waals surface area contributed by atoms with Gasteiger partial charge in [0, 0.05) is 13.2 Å². The van der Waals surface area contributed by atoms with Crippen LogP contribution in [0.4, 0.5) is 0 Å². The van der Waals surface area contributed by atoms with Crippen molar-refractivity contribution in [1.82, 2.24) is 0 Å². The maximum Gasteiger partial charge on any atom is 0.157 e. The van der Waals surface area contributed by atoms with E-state index in [1.807, 2.05) is 0 Å². The lowest BCUT2D eigenvalue weighted by atomic mass is 10.1. The van der Waals surface area contributed by atoms with E-state index in [2.05, 4.69) is 45.1 Å². The molecule has 0 bridgehead atoms. The molecule has 0 aliphatic carbocycles. The van der Waals surface area contributed by atoms with Crippen LogP contribution in [0.25, 0.3) is 0 Å². The summed E-state index contributed by atoms with van der Waals surface area (Å²) in [5.41, 5.74) is 0. The Morgan fingerprint density at radius 3 is 1.50 bits per heavy atom. The predicted octanol–water partition coefficient (Wildman–Crippen LogP) is 11.1. The molecule has 0 N–H and O–H groups in total. The molecule has 0 radical (unpaired) electrons. The van der Waals surface area contributed by atoms with E-state index in [-0.39, 0.29) is 6.29 Å². The first-order valence-corrected chi connectivity index (χ1v) is 15.4. The summed E-state index contributed by atoms with van der Waals surface area (Å²) >= 11 is 0. The number of unbranched alkanes of at least 4 members (excludes halogenated alkanes) is 16. The van der Waals surface area contributed by atoms with Gasteiger partial charge >= 0.3 is 0 Å². The fourth-order valence-corrected chi connectivity index (χ4v) is 4.15. The normalized spacial score (nSPS) is 12.9. The molecule has 2 heteroatoms. The lowest BCUT2D eigenvalue weighted by Crippen LogP contribution is -2.19. The molecule has 0 spiro atoms. The molecule has 34 heavy (non-hydrogen) atoms. The van der Waals surface area contributed by atoms with E-state index >= 15 is 0 Å². The van der Waals surface area contributed by atoms with Gasteiger partial charge in [0.1, 0.15) is 0 Å². The molecule has 0 aromatic heterocycles. The lowest BCUT2D eigenvalue weighted by molar-refractivity contribution is -0.147. The van der Waals surface area contributed by atoms with Crippen LogP contribution in [0.2, 0.25) is 0 Å². The average molecular weight is 479 g/mol.